The SMILES string of the molecule is CC[C@@]1(O)C(=O)OCc2c1cc(I)n(CC#C[Si](C)(C)C(C)(C)C)c2=O. The minimum absolute atomic E-state index is 0.109. The number of esters is 1. The number of cyclic esters (lactones) is 1. The van der Waals surface area contributed by atoms with Crippen molar-refractivity contribution in [3.8, 4) is 11.5 Å². The zero-order valence-corrected chi connectivity index (χ0v) is 19.4. The first-order chi connectivity index (χ1) is 11.8. The third-order valence-corrected chi connectivity index (χ3v) is 11.0. The Morgan fingerprint density at radius 1 is 1.38 bits per heavy atom. The second-order valence-corrected chi connectivity index (χ2v) is 14.3. The Morgan fingerprint density at radius 2 is 2.00 bits per heavy atom. The van der Waals surface area contributed by atoms with Gasteiger partial charge < -0.3 is 9.84 Å². The van der Waals surface area contributed by atoms with Gasteiger partial charge in [0.15, 0.2) is 5.60 Å². The molecule has 0 bridgehead atoms. The summed E-state index contributed by atoms with van der Waals surface area (Å²) in [5.74, 6) is 2.48. The molecule has 0 radical (unpaired) electrons. The molecule has 0 amide bonds. The summed E-state index contributed by atoms with van der Waals surface area (Å²) in [5, 5.41) is 10.8. The molecular formula is C19H26INO4Si. The van der Waals surface area contributed by atoms with Gasteiger partial charge in [-0.2, -0.15) is 0 Å². The van der Waals surface area contributed by atoms with Crippen molar-refractivity contribution in [2.45, 2.75) is 71.0 Å². The van der Waals surface area contributed by atoms with Gasteiger partial charge in [0.25, 0.3) is 5.56 Å². The number of rotatable bonds is 2. The molecule has 1 N–H and O–H groups in total. The Morgan fingerprint density at radius 3 is 2.54 bits per heavy atom. The molecule has 26 heavy (non-hydrogen) atoms. The Labute approximate surface area is 169 Å². The number of aromatic nitrogens is 1. The fourth-order valence-electron chi connectivity index (χ4n) is 2.54. The summed E-state index contributed by atoms with van der Waals surface area (Å²) in [6.45, 7) is 12.9. The van der Waals surface area contributed by atoms with Gasteiger partial charge in [0.1, 0.15) is 14.7 Å². The number of halogens is 1. The third kappa shape index (κ3) is 3.64. The highest BCUT2D eigenvalue weighted by Crippen LogP contribution is 2.35. The van der Waals surface area contributed by atoms with E-state index in [-0.39, 0.29) is 30.2 Å². The molecule has 1 aromatic heterocycles. The van der Waals surface area contributed by atoms with Gasteiger partial charge in [-0.05, 0) is 40.1 Å². The molecule has 1 aliphatic rings. The Balaban J connectivity index is 2.47. The lowest BCUT2D eigenvalue weighted by Gasteiger charge is -2.32. The van der Waals surface area contributed by atoms with Crippen molar-refractivity contribution < 1.29 is 14.6 Å². The van der Waals surface area contributed by atoms with E-state index in [1.54, 1.807) is 17.6 Å². The van der Waals surface area contributed by atoms with Crippen LogP contribution in [0.3, 0.4) is 0 Å². The molecular weight excluding hydrogens is 461 g/mol. The molecule has 0 aromatic carbocycles. The Bertz CT molecular complexity index is 857. The molecule has 2 heterocycles. The summed E-state index contributed by atoms with van der Waals surface area (Å²) < 4.78 is 7.28. The van der Waals surface area contributed by atoms with Crippen molar-refractivity contribution in [2.24, 2.45) is 0 Å². The highest BCUT2D eigenvalue weighted by molar-refractivity contribution is 14.1. The smallest absolute Gasteiger partial charge is 0.343 e. The fraction of sp³-hybridized carbons (Fsp3) is 0.579. The molecule has 1 aromatic rings. The molecule has 5 nitrogen and oxygen atoms in total. The van der Waals surface area contributed by atoms with Crippen LogP contribution in [0.5, 0.6) is 0 Å². The molecule has 0 spiro atoms. The molecule has 2 rings (SSSR count). The number of ether oxygens (including phenoxy) is 1. The number of carbonyl (C=O) groups excluding carboxylic acids is 1. The van der Waals surface area contributed by atoms with Crippen LogP contribution >= 0.6 is 22.6 Å². The Kier molecular flexibility index (Phi) is 5.81. The lowest BCUT2D eigenvalue weighted by molar-refractivity contribution is -0.172. The van der Waals surface area contributed by atoms with E-state index in [0.717, 1.165) is 0 Å². The Hall–Kier alpha value is -1.11. The van der Waals surface area contributed by atoms with Crippen molar-refractivity contribution in [2.75, 3.05) is 0 Å². The van der Waals surface area contributed by atoms with Crippen LogP contribution in [0.4, 0.5) is 0 Å². The average molecular weight is 487 g/mol. The maximum atomic E-state index is 12.9. The van der Waals surface area contributed by atoms with Crippen molar-refractivity contribution in [3.63, 3.8) is 0 Å². The van der Waals surface area contributed by atoms with Gasteiger partial charge in [-0.1, -0.05) is 46.7 Å². The summed E-state index contributed by atoms with van der Waals surface area (Å²) in [7, 11) is -1.75. The molecule has 0 aliphatic carbocycles. The van der Waals surface area contributed by atoms with Crippen molar-refractivity contribution in [1.82, 2.24) is 4.57 Å². The maximum absolute atomic E-state index is 12.9. The van der Waals surface area contributed by atoms with Crippen molar-refractivity contribution in [3.05, 3.63) is 31.2 Å². The first kappa shape index (κ1) is 21.2. The second-order valence-electron chi connectivity index (χ2n) is 8.22. The van der Waals surface area contributed by atoms with E-state index >= 15 is 0 Å². The summed E-state index contributed by atoms with van der Waals surface area (Å²) in [6.07, 6.45) is 0.156. The number of carbonyl (C=O) groups is 1. The van der Waals surface area contributed by atoms with E-state index in [2.05, 4.69) is 67.9 Å². The van der Waals surface area contributed by atoms with E-state index in [1.807, 2.05) is 0 Å². The number of nitrogens with zero attached hydrogens (tertiary/aromatic N) is 1. The first-order valence-electron chi connectivity index (χ1n) is 8.67. The van der Waals surface area contributed by atoms with E-state index in [4.69, 9.17) is 4.74 Å². The van der Waals surface area contributed by atoms with Crippen LogP contribution in [-0.4, -0.2) is 23.7 Å². The highest BCUT2D eigenvalue weighted by atomic mass is 127. The number of hydrogen-bond acceptors (Lipinski definition) is 4. The van der Waals surface area contributed by atoms with Crippen molar-refractivity contribution in [1.29, 1.82) is 0 Å². The lowest BCUT2D eigenvalue weighted by Crippen LogP contribution is -2.44. The van der Waals surface area contributed by atoms with Crippen LogP contribution in [0.2, 0.25) is 18.1 Å². The monoisotopic (exact) mass is 487 g/mol. The fourth-order valence-corrected chi connectivity index (χ4v) is 4.14. The molecule has 142 valence electrons. The van der Waals surface area contributed by atoms with Crippen LogP contribution in [0.15, 0.2) is 10.9 Å². The van der Waals surface area contributed by atoms with E-state index < -0.39 is 19.6 Å². The number of hydrogen-bond donors (Lipinski definition) is 1. The molecule has 7 heteroatoms. The van der Waals surface area contributed by atoms with Crippen LogP contribution in [-0.2, 0) is 28.3 Å². The average Bonchev–Trinajstić information content (AvgIpc) is 2.53. The van der Waals surface area contributed by atoms with Crippen LogP contribution in [0.1, 0.15) is 45.2 Å². The number of fused-ring (bicyclic) bond motifs is 1. The zero-order chi connectivity index (χ0) is 19.9. The van der Waals surface area contributed by atoms with Gasteiger partial charge in [-0.15, -0.1) is 5.54 Å². The van der Waals surface area contributed by atoms with E-state index in [1.165, 1.54) is 0 Å². The third-order valence-electron chi connectivity index (χ3n) is 5.51. The normalized spacial score (nSPS) is 20.1. The molecule has 0 fully saturated rings. The van der Waals surface area contributed by atoms with Crippen LogP contribution in [0.25, 0.3) is 0 Å². The van der Waals surface area contributed by atoms with Gasteiger partial charge >= 0.3 is 5.97 Å². The summed E-state index contributed by atoms with van der Waals surface area (Å²) in [4.78, 5) is 24.9. The largest absolute Gasteiger partial charge is 0.458 e. The second kappa shape index (κ2) is 7.13. The number of aliphatic hydroxyl groups is 1. The van der Waals surface area contributed by atoms with Gasteiger partial charge in [-0.25, -0.2) is 4.79 Å². The predicted octanol–water partition coefficient (Wildman–Crippen LogP) is 3.16. The molecule has 0 saturated carbocycles. The lowest BCUT2D eigenvalue weighted by atomic mass is 9.87. The molecule has 0 unspecified atom stereocenters. The summed E-state index contributed by atoms with van der Waals surface area (Å²) in [6, 6.07) is 1.70. The van der Waals surface area contributed by atoms with Gasteiger partial charge in [-0.3, -0.25) is 9.36 Å². The van der Waals surface area contributed by atoms with Crippen LogP contribution < -0.4 is 5.56 Å². The van der Waals surface area contributed by atoms with Gasteiger partial charge in [0.05, 0.1) is 15.8 Å². The molecule has 1 atom stereocenters. The minimum atomic E-state index is -1.75. The zero-order valence-electron chi connectivity index (χ0n) is 16.2. The predicted molar refractivity (Wildman–Crippen MR) is 112 cm³/mol. The summed E-state index contributed by atoms with van der Waals surface area (Å²) >= 11 is 2.05. The van der Waals surface area contributed by atoms with Gasteiger partial charge in [0, 0.05) is 5.56 Å². The van der Waals surface area contributed by atoms with E-state index in [9.17, 15) is 14.7 Å². The first-order valence-corrected chi connectivity index (χ1v) is 12.8. The van der Waals surface area contributed by atoms with Crippen molar-refractivity contribution >= 4 is 36.6 Å². The molecule has 0 saturated heterocycles. The summed E-state index contributed by atoms with van der Waals surface area (Å²) in [5.41, 5.74) is 2.10. The molecule has 1 aliphatic heterocycles. The standard InChI is InChI=1S/C19H26INO4Si/c1-7-19(24)14-11-15(20)21(16(22)13(14)12-25-17(19)23)9-8-10-26(5,6)18(2,3)4/h11,24H,7,9,12H2,1-6H3/t19-/m0/s1. The van der Waals surface area contributed by atoms with Gasteiger partial charge in [0.2, 0.25) is 0 Å². The maximum Gasteiger partial charge on any atom is 0.343 e. The highest BCUT2D eigenvalue weighted by Gasteiger charge is 2.44. The topological polar surface area (TPSA) is 68.5 Å². The van der Waals surface area contributed by atoms with Crippen LogP contribution in [0, 0.1) is 15.2 Å². The quantitative estimate of drug-likeness (QED) is 0.229. The minimum Gasteiger partial charge on any atom is -0.458 e. The number of pyridine rings is 1. The van der Waals surface area contributed by atoms with E-state index in [0.29, 0.717) is 14.8 Å².